The molecule has 2 atom stereocenters. The van der Waals surface area contributed by atoms with Crippen LogP contribution in [0.2, 0.25) is 5.02 Å². The number of amides is 3. The van der Waals surface area contributed by atoms with Gasteiger partial charge in [0.25, 0.3) is 0 Å². The fourth-order valence-corrected chi connectivity index (χ4v) is 4.16. The van der Waals surface area contributed by atoms with E-state index >= 15 is 0 Å². The highest BCUT2D eigenvalue weighted by molar-refractivity contribution is 7.99. The van der Waals surface area contributed by atoms with Crippen LogP contribution in [0.1, 0.15) is 32.6 Å². The number of rotatable bonds is 5. The number of carbonyl (C=O) groups is 2. The number of aromatic nitrogens is 3. The molecule has 1 fully saturated rings. The molecule has 1 aromatic carbocycles. The van der Waals surface area contributed by atoms with E-state index < -0.39 is 6.03 Å². The van der Waals surface area contributed by atoms with Crippen LogP contribution >= 0.6 is 23.4 Å². The van der Waals surface area contributed by atoms with Crippen molar-refractivity contribution in [3.8, 4) is 11.4 Å². The van der Waals surface area contributed by atoms with Crippen LogP contribution in [0.4, 0.5) is 4.79 Å². The predicted octanol–water partition coefficient (Wildman–Crippen LogP) is 3.63. The Hall–Kier alpha value is -2.06. The van der Waals surface area contributed by atoms with Crippen LogP contribution in [0.15, 0.2) is 29.4 Å². The third kappa shape index (κ3) is 5.26. The van der Waals surface area contributed by atoms with Crippen molar-refractivity contribution in [1.29, 1.82) is 0 Å². The second-order valence-corrected chi connectivity index (χ2v) is 8.43. The molecular weight excluding hydrogens is 398 g/mol. The van der Waals surface area contributed by atoms with E-state index in [0.717, 1.165) is 24.8 Å². The lowest BCUT2D eigenvalue weighted by Gasteiger charge is -2.29. The number of nitrogens with zero attached hydrogens (tertiary/aromatic N) is 3. The first kappa shape index (κ1) is 20.7. The van der Waals surface area contributed by atoms with E-state index in [2.05, 4.69) is 27.8 Å². The van der Waals surface area contributed by atoms with Gasteiger partial charge in [0.2, 0.25) is 5.91 Å². The summed E-state index contributed by atoms with van der Waals surface area (Å²) < 4.78 is 1.81. The van der Waals surface area contributed by atoms with Crippen LogP contribution in [-0.4, -0.2) is 38.5 Å². The highest BCUT2D eigenvalue weighted by Crippen LogP contribution is 2.24. The number of nitrogens with one attached hydrogen (secondary N) is 2. The Labute approximate surface area is 173 Å². The molecule has 0 radical (unpaired) electrons. The van der Waals surface area contributed by atoms with Gasteiger partial charge in [0.05, 0.1) is 5.75 Å². The summed E-state index contributed by atoms with van der Waals surface area (Å²) in [6.07, 6.45) is 4.38. The predicted molar refractivity (Wildman–Crippen MR) is 110 cm³/mol. The Balaban J connectivity index is 1.50. The maximum absolute atomic E-state index is 12.1. The third-order valence-corrected chi connectivity index (χ3v) is 6.22. The molecule has 9 heteroatoms. The molecule has 0 aliphatic heterocycles. The van der Waals surface area contributed by atoms with Crippen LogP contribution in [0, 0.1) is 5.92 Å². The Bertz CT molecular complexity index is 839. The average molecular weight is 422 g/mol. The SMILES string of the molecule is C[C@H]1CCCC[C@H]1NC(=O)NC(=O)CSc1nnc(-c2ccc(Cl)cc2)n1C. The molecule has 1 aromatic heterocycles. The Morgan fingerprint density at radius 3 is 2.64 bits per heavy atom. The molecule has 1 saturated carbocycles. The van der Waals surface area contributed by atoms with Gasteiger partial charge in [0.15, 0.2) is 11.0 Å². The van der Waals surface area contributed by atoms with Crippen molar-refractivity contribution in [3.05, 3.63) is 29.3 Å². The molecule has 0 bridgehead atoms. The number of hydrogen-bond acceptors (Lipinski definition) is 5. The summed E-state index contributed by atoms with van der Waals surface area (Å²) in [4.78, 5) is 24.2. The van der Waals surface area contributed by atoms with Gasteiger partial charge in [-0.2, -0.15) is 0 Å². The highest BCUT2D eigenvalue weighted by Gasteiger charge is 2.23. The van der Waals surface area contributed by atoms with E-state index in [-0.39, 0.29) is 17.7 Å². The monoisotopic (exact) mass is 421 g/mol. The Morgan fingerprint density at radius 1 is 1.21 bits per heavy atom. The van der Waals surface area contributed by atoms with Crippen molar-refractivity contribution >= 4 is 35.3 Å². The minimum absolute atomic E-state index is 0.0836. The maximum Gasteiger partial charge on any atom is 0.321 e. The first-order valence-corrected chi connectivity index (χ1v) is 10.7. The largest absolute Gasteiger partial charge is 0.335 e. The molecule has 1 heterocycles. The minimum atomic E-state index is -0.427. The summed E-state index contributed by atoms with van der Waals surface area (Å²) >= 11 is 7.15. The van der Waals surface area contributed by atoms with Gasteiger partial charge in [-0.3, -0.25) is 10.1 Å². The molecule has 150 valence electrons. The number of carbonyl (C=O) groups excluding carboxylic acids is 2. The molecule has 0 unspecified atom stereocenters. The zero-order valence-corrected chi connectivity index (χ0v) is 17.5. The number of hydrogen-bond donors (Lipinski definition) is 2. The van der Waals surface area contributed by atoms with Gasteiger partial charge in [-0.15, -0.1) is 10.2 Å². The quantitative estimate of drug-likeness (QED) is 0.719. The summed E-state index contributed by atoms with van der Waals surface area (Å²) in [5.41, 5.74) is 0.886. The van der Waals surface area contributed by atoms with Gasteiger partial charge < -0.3 is 9.88 Å². The van der Waals surface area contributed by atoms with Crippen molar-refractivity contribution in [2.75, 3.05) is 5.75 Å². The number of halogens is 1. The molecular formula is C19H24ClN5O2S. The standard InChI is InChI=1S/C19H24ClN5O2S/c1-12-5-3-4-6-15(12)21-18(27)22-16(26)11-28-19-24-23-17(25(19)2)13-7-9-14(20)10-8-13/h7-10,12,15H,3-6,11H2,1-2H3,(H2,21,22,26,27)/t12-,15+/m0/s1. The van der Waals surface area contributed by atoms with E-state index in [4.69, 9.17) is 11.6 Å². The van der Waals surface area contributed by atoms with E-state index in [1.807, 2.05) is 23.7 Å². The van der Waals surface area contributed by atoms with Crippen molar-refractivity contribution in [1.82, 2.24) is 25.4 Å². The van der Waals surface area contributed by atoms with E-state index in [0.29, 0.717) is 21.9 Å². The lowest BCUT2D eigenvalue weighted by atomic mass is 9.86. The van der Waals surface area contributed by atoms with Gasteiger partial charge in [-0.05, 0) is 43.0 Å². The minimum Gasteiger partial charge on any atom is -0.335 e. The smallest absolute Gasteiger partial charge is 0.321 e. The average Bonchev–Trinajstić information content (AvgIpc) is 3.03. The number of thioether (sulfide) groups is 1. The number of benzene rings is 1. The first-order chi connectivity index (χ1) is 13.4. The molecule has 2 aromatic rings. The van der Waals surface area contributed by atoms with E-state index in [9.17, 15) is 9.59 Å². The fraction of sp³-hybridized carbons (Fsp3) is 0.474. The molecule has 0 spiro atoms. The van der Waals surface area contributed by atoms with Crippen molar-refractivity contribution in [3.63, 3.8) is 0 Å². The highest BCUT2D eigenvalue weighted by atomic mass is 35.5. The molecule has 0 saturated heterocycles. The molecule has 28 heavy (non-hydrogen) atoms. The van der Waals surface area contributed by atoms with Gasteiger partial charge >= 0.3 is 6.03 Å². The second kappa shape index (κ2) is 9.43. The van der Waals surface area contributed by atoms with Crippen LogP contribution in [0.25, 0.3) is 11.4 Å². The fourth-order valence-electron chi connectivity index (χ4n) is 3.32. The number of imide groups is 1. The zero-order chi connectivity index (χ0) is 20.1. The third-order valence-electron chi connectivity index (χ3n) is 4.95. The first-order valence-electron chi connectivity index (χ1n) is 9.32. The molecule has 3 amide bonds. The maximum atomic E-state index is 12.1. The van der Waals surface area contributed by atoms with Gasteiger partial charge in [-0.1, -0.05) is 43.1 Å². The lowest BCUT2D eigenvalue weighted by molar-refractivity contribution is -0.117. The van der Waals surface area contributed by atoms with Gasteiger partial charge in [0.1, 0.15) is 0 Å². The van der Waals surface area contributed by atoms with E-state index in [1.54, 1.807) is 12.1 Å². The van der Waals surface area contributed by atoms with E-state index in [1.165, 1.54) is 18.2 Å². The summed E-state index contributed by atoms with van der Waals surface area (Å²) in [6.45, 7) is 2.13. The Kier molecular flexibility index (Phi) is 6.96. The lowest BCUT2D eigenvalue weighted by Crippen LogP contribution is -2.48. The zero-order valence-electron chi connectivity index (χ0n) is 15.9. The summed E-state index contributed by atoms with van der Waals surface area (Å²) in [6, 6.07) is 7.02. The van der Waals surface area contributed by atoms with Gasteiger partial charge in [0, 0.05) is 23.7 Å². The van der Waals surface area contributed by atoms with Crippen LogP contribution < -0.4 is 10.6 Å². The van der Waals surface area contributed by atoms with Crippen LogP contribution in [0.5, 0.6) is 0 Å². The summed E-state index contributed by atoms with van der Waals surface area (Å²) in [7, 11) is 1.83. The van der Waals surface area contributed by atoms with Crippen LogP contribution in [0.3, 0.4) is 0 Å². The second-order valence-electron chi connectivity index (χ2n) is 7.05. The topological polar surface area (TPSA) is 88.9 Å². The van der Waals surface area contributed by atoms with Crippen molar-refractivity contribution in [2.45, 2.75) is 43.8 Å². The molecule has 2 N–H and O–H groups in total. The summed E-state index contributed by atoms with van der Waals surface area (Å²) in [5, 5.41) is 14.9. The summed E-state index contributed by atoms with van der Waals surface area (Å²) in [5.74, 6) is 0.847. The van der Waals surface area contributed by atoms with Gasteiger partial charge in [-0.25, -0.2) is 4.79 Å². The van der Waals surface area contributed by atoms with Crippen molar-refractivity contribution < 1.29 is 9.59 Å². The molecule has 7 nitrogen and oxygen atoms in total. The molecule has 1 aliphatic carbocycles. The Morgan fingerprint density at radius 2 is 1.93 bits per heavy atom. The van der Waals surface area contributed by atoms with Crippen molar-refractivity contribution in [2.24, 2.45) is 13.0 Å². The molecule has 3 rings (SSSR count). The normalized spacial score (nSPS) is 19.2. The van der Waals surface area contributed by atoms with Crippen LogP contribution in [-0.2, 0) is 11.8 Å². The number of urea groups is 1. The molecule has 1 aliphatic rings.